The molecule has 1 atom stereocenters. The first-order chi connectivity index (χ1) is 16.0. The highest BCUT2D eigenvalue weighted by Gasteiger charge is 2.44. The third-order valence-electron chi connectivity index (χ3n) is 5.77. The van der Waals surface area contributed by atoms with E-state index in [2.05, 4.69) is 5.32 Å². The Bertz CT molecular complexity index is 1300. The molecule has 0 fully saturated rings. The van der Waals surface area contributed by atoms with Gasteiger partial charge in [0.25, 0.3) is 5.91 Å². The molecule has 34 heavy (non-hydrogen) atoms. The highest BCUT2D eigenvalue weighted by molar-refractivity contribution is 6.06. The largest absolute Gasteiger partial charge is 0.478 e. The predicted molar refractivity (Wildman–Crippen MR) is 113 cm³/mol. The number of aromatic carboxylic acids is 1. The third kappa shape index (κ3) is 3.73. The molecule has 2 aliphatic rings. The van der Waals surface area contributed by atoms with Crippen LogP contribution in [0.15, 0.2) is 53.7 Å². The van der Waals surface area contributed by atoms with Gasteiger partial charge in [0.15, 0.2) is 0 Å². The molecule has 2 aromatic rings. The van der Waals surface area contributed by atoms with E-state index < -0.39 is 35.7 Å². The average molecular weight is 470 g/mol. The number of hydrogen-bond acceptors (Lipinski definition) is 4. The Hall–Kier alpha value is -4.33. The second-order valence-electron chi connectivity index (χ2n) is 7.76. The number of likely N-dealkylation sites (N-methyl/N-ethyl adjacent to an activating group) is 1. The molecule has 8 nitrogen and oxygen atoms in total. The van der Waals surface area contributed by atoms with E-state index in [9.17, 15) is 32.7 Å². The van der Waals surface area contributed by atoms with Crippen LogP contribution in [0.3, 0.4) is 0 Å². The molecule has 0 saturated carbocycles. The van der Waals surface area contributed by atoms with Gasteiger partial charge in [-0.1, -0.05) is 12.1 Å². The topological polar surface area (TPSA) is 114 Å². The Labute approximate surface area is 191 Å². The van der Waals surface area contributed by atoms with E-state index in [1.165, 1.54) is 31.3 Å². The van der Waals surface area contributed by atoms with E-state index in [1.54, 1.807) is 0 Å². The van der Waals surface area contributed by atoms with Crippen molar-refractivity contribution in [3.05, 3.63) is 76.0 Å². The summed E-state index contributed by atoms with van der Waals surface area (Å²) in [7, 11) is 1.34. The van der Waals surface area contributed by atoms with Crippen molar-refractivity contribution >= 4 is 23.6 Å². The minimum atomic E-state index is -4.64. The molecule has 0 aromatic heterocycles. The first-order valence-electron chi connectivity index (χ1n) is 10.1. The highest BCUT2D eigenvalue weighted by atomic mass is 19.4. The van der Waals surface area contributed by atoms with Crippen molar-refractivity contribution in [1.82, 2.24) is 10.2 Å². The molecule has 2 heterocycles. The van der Waals surface area contributed by atoms with Gasteiger partial charge in [0.05, 0.1) is 40.1 Å². The van der Waals surface area contributed by atoms with Crippen LogP contribution in [0.4, 0.5) is 23.7 Å². The summed E-state index contributed by atoms with van der Waals surface area (Å²) >= 11 is 0. The number of hydrogen-bond donors (Lipinski definition) is 2. The van der Waals surface area contributed by atoms with Crippen molar-refractivity contribution in [3.8, 4) is 6.07 Å². The van der Waals surface area contributed by atoms with Gasteiger partial charge >= 0.3 is 18.2 Å². The number of rotatable bonds is 3. The van der Waals surface area contributed by atoms with Crippen LogP contribution in [0.1, 0.15) is 39.5 Å². The van der Waals surface area contributed by atoms with Crippen LogP contribution in [0, 0.1) is 11.3 Å². The Kier molecular flexibility index (Phi) is 5.53. The number of anilines is 1. The maximum atomic E-state index is 13.4. The molecule has 4 rings (SSSR count). The van der Waals surface area contributed by atoms with Gasteiger partial charge in [0, 0.05) is 25.7 Å². The van der Waals surface area contributed by atoms with Crippen molar-refractivity contribution in [3.63, 3.8) is 0 Å². The van der Waals surface area contributed by atoms with E-state index in [-0.39, 0.29) is 46.6 Å². The lowest BCUT2D eigenvalue weighted by Crippen LogP contribution is -2.53. The van der Waals surface area contributed by atoms with Gasteiger partial charge in [-0.15, -0.1) is 0 Å². The maximum Gasteiger partial charge on any atom is 0.416 e. The third-order valence-corrected chi connectivity index (χ3v) is 5.77. The van der Waals surface area contributed by atoms with Gasteiger partial charge in [0.2, 0.25) is 0 Å². The predicted octanol–water partition coefficient (Wildman–Crippen LogP) is 3.66. The second-order valence-corrected chi connectivity index (χ2v) is 7.76. The molecule has 0 bridgehead atoms. The van der Waals surface area contributed by atoms with Crippen LogP contribution in [0.25, 0.3) is 0 Å². The molecule has 0 radical (unpaired) electrons. The first kappa shape index (κ1) is 22.8. The number of alkyl halides is 3. The number of carboxylic acids is 1. The van der Waals surface area contributed by atoms with Crippen molar-refractivity contribution in [2.75, 3.05) is 18.5 Å². The van der Waals surface area contributed by atoms with Crippen molar-refractivity contribution in [1.29, 1.82) is 5.26 Å². The summed E-state index contributed by atoms with van der Waals surface area (Å²) in [6.07, 6.45) is -4.49. The summed E-state index contributed by atoms with van der Waals surface area (Å²) < 4.78 is 39.9. The molecule has 0 saturated heterocycles. The average Bonchev–Trinajstić information content (AvgIpc) is 2.80. The summed E-state index contributed by atoms with van der Waals surface area (Å²) in [5, 5.41) is 21.5. The van der Waals surface area contributed by atoms with Gasteiger partial charge in [-0.05, 0) is 35.9 Å². The number of nitrogens with one attached hydrogen (secondary N) is 1. The fraction of sp³-hybridized carbons (Fsp3) is 0.217. The minimum Gasteiger partial charge on any atom is -0.478 e. The summed E-state index contributed by atoms with van der Waals surface area (Å²) in [4.78, 5) is 40.5. The van der Waals surface area contributed by atoms with E-state index >= 15 is 0 Å². The molecule has 3 amide bonds. The smallest absolute Gasteiger partial charge is 0.416 e. The number of carbonyl (C=O) groups excluding carboxylic acids is 2. The Balaban J connectivity index is 1.95. The monoisotopic (exact) mass is 470 g/mol. The lowest BCUT2D eigenvalue weighted by atomic mass is 9.86. The van der Waals surface area contributed by atoms with E-state index in [4.69, 9.17) is 5.26 Å². The molecular weight excluding hydrogens is 453 g/mol. The number of nitriles is 1. The lowest BCUT2D eigenvalue weighted by Gasteiger charge is -2.44. The Morgan fingerprint density at radius 1 is 1.21 bits per heavy atom. The van der Waals surface area contributed by atoms with Gasteiger partial charge in [-0.25, -0.2) is 9.59 Å². The zero-order chi connectivity index (χ0) is 24.8. The molecule has 0 aliphatic carbocycles. The van der Waals surface area contributed by atoms with Gasteiger partial charge in [0.1, 0.15) is 0 Å². The fourth-order valence-corrected chi connectivity index (χ4v) is 4.25. The second kappa shape index (κ2) is 8.22. The Morgan fingerprint density at radius 2 is 1.94 bits per heavy atom. The summed E-state index contributed by atoms with van der Waals surface area (Å²) in [6.45, 7) is 0.149. The SMILES string of the molecule is CN1C(=O)N(c2cccc(C(F)(F)F)c2)C2=C(C(=O)NCC2)C1c1ccc(C#N)cc1C(=O)O. The normalized spacial score (nSPS) is 18.4. The molecular formula is C23H17F3N4O4. The number of carboxylic acid groups (broad SMARTS) is 1. The molecule has 2 aliphatic heterocycles. The van der Waals surface area contributed by atoms with E-state index in [0.29, 0.717) is 0 Å². The van der Waals surface area contributed by atoms with Crippen molar-refractivity contribution in [2.24, 2.45) is 0 Å². The van der Waals surface area contributed by atoms with Crippen molar-refractivity contribution in [2.45, 2.75) is 18.6 Å². The van der Waals surface area contributed by atoms with Crippen LogP contribution in [-0.4, -0.2) is 41.5 Å². The number of carbonyl (C=O) groups is 3. The van der Waals surface area contributed by atoms with Crippen LogP contribution in [0.5, 0.6) is 0 Å². The summed E-state index contributed by atoms with van der Waals surface area (Å²) in [6, 6.07) is 8.10. The molecule has 2 aromatic carbocycles. The van der Waals surface area contributed by atoms with Gasteiger partial charge in [-0.2, -0.15) is 18.4 Å². The zero-order valence-corrected chi connectivity index (χ0v) is 17.7. The van der Waals surface area contributed by atoms with Crippen molar-refractivity contribution < 1.29 is 32.7 Å². The highest BCUT2D eigenvalue weighted by Crippen LogP contribution is 2.43. The molecule has 0 spiro atoms. The van der Waals surface area contributed by atoms with Crippen LogP contribution in [0.2, 0.25) is 0 Å². The Morgan fingerprint density at radius 3 is 2.59 bits per heavy atom. The molecule has 1 unspecified atom stereocenters. The number of nitrogens with zero attached hydrogens (tertiary/aromatic N) is 3. The number of halogens is 3. The molecule has 2 N–H and O–H groups in total. The number of urea groups is 1. The van der Waals surface area contributed by atoms with E-state index in [0.717, 1.165) is 28.0 Å². The summed E-state index contributed by atoms with van der Waals surface area (Å²) in [5.74, 6) is -1.92. The van der Waals surface area contributed by atoms with Crippen LogP contribution >= 0.6 is 0 Å². The fourth-order valence-electron chi connectivity index (χ4n) is 4.25. The van der Waals surface area contributed by atoms with Crippen LogP contribution in [-0.2, 0) is 11.0 Å². The molecule has 174 valence electrons. The zero-order valence-electron chi connectivity index (χ0n) is 17.7. The van der Waals surface area contributed by atoms with Crippen LogP contribution < -0.4 is 10.2 Å². The van der Waals surface area contributed by atoms with Gasteiger partial charge < -0.3 is 15.3 Å². The maximum absolute atomic E-state index is 13.4. The van der Waals surface area contributed by atoms with E-state index in [1.807, 2.05) is 6.07 Å². The quantitative estimate of drug-likeness (QED) is 0.711. The lowest BCUT2D eigenvalue weighted by molar-refractivity contribution is -0.137. The van der Waals surface area contributed by atoms with Gasteiger partial charge in [-0.3, -0.25) is 9.69 Å². The standard InChI is InChI=1S/C23H17F3N4O4/c1-29-19(15-6-5-12(11-27)9-16(15)21(32)33)18-17(7-8-28-20(18)31)30(22(29)34)14-4-2-3-13(10-14)23(24,25)26/h2-6,9-10,19H,7-8H2,1H3,(H,28,31)(H,32,33). The summed E-state index contributed by atoms with van der Waals surface area (Å²) in [5.41, 5.74) is -0.846. The number of amides is 3. The minimum absolute atomic E-state index is 0.0537. The number of benzene rings is 2. The molecule has 11 heteroatoms. The first-order valence-corrected chi connectivity index (χ1v) is 10.1.